The molecule has 7 nitrogen and oxygen atoms in total. The van der Waals surface area contributed by atoms with Gasteiger partial charge in [0, 0.05) is 18.7 Å². The molecule has 3 aromatic rings. The number of benzene rings is 2. The van der Waals surface area contributed by atoms with E-state index >= 15 is 0 Å². The van der Waals surface area contributed by atoms with E-state index < -0.39 is 0 Å². The molecule has 2 aliphatic rings. The number of methoxy groups -OCH3 is 1. The second-order valence-electron chi connectivity index (χ2n) is 7.93. The lowest BCUT2D eigenvalue weighted by Gasteiger charge is -2.37. The monoisotopic (exact) mass is 469 g/mol. The number of fused-ring (bicyclic) bond motifs is 1. The molecule has 1 amide bonds. The molecule has 3 heterocycles. The van der Waals surface area contributed by atoms with Gasteiger partial charge in [-0.1, -0.05) is 59.8 Å². The van der Waals surface area contributed by atoms with Crippen molar-refractivity contribution in [3.05, 3.63) is 59.1 Å². The number of carbonyl (C=O) groups excluding carboxylic acids is 1. The maximum Gasteiger partial charge on any atom is 0.238 e. The summed E-state index contributed by atoms with van der Waals surface area (Å²) in [6.45, 7) is 1.60. The van der Waals surface area contributed by atoms with E-state index in [-0.39, 0.29) is 17.2 Å². The van der Waals surface area contributed by atoms with Gasteiger partial charge in [-0.05, 0) is 37.0 Å². The predicted octanol–water partition coefficient (Wildman–Crippen LogP) is 4.38. The summed E-state index contributed by atoms with van der Waals surface area (Å²) in [6.07, 6.45) is 3.26. The van der Waals surface area contributed by atoms with Crippen LogP contribution >= 0.6 is 23.4 Å². The van der Waals surface area contributed by atoms with E-state index in [0.717, 1.165) is 37.1 Å². The molecule has 166 valence electrons. The number of hydrogen-bond donors (Lipinski definition) is 1. The van der Waals surface area contributed by atoms with Crippen LogP contribution in [0, 0.1) is 0 Å². The molecule has 2 aliphatic heterocycles. The summed E-state index contributed by atoms with van der Waals surface area (Å²) in [6, 6.07) is 15.3. The van der Waals surface area contributed by atoms with Crippen LogP contribution in [0.5, 0.6) is 5.75 Å². The lowest BCUT2D eigenvalue weighted by atomic mass is 10.0. The van der Waals surface area contributed by atoms with Gasteiger partial charge in [-0.3, -0.25) is 4.79 Å². The maximum absolute atomic E-state index is 13.6. The number of ether oxygens (including phenoxy) is 1. The Labute approximate surface area is 196 Å². The van der Waals surface area contributed by atoms with E-state index in [1.54, 1.807) is 7.11 Å². The number of nitrogens with zero attached hydrogens (tertiary/aromatic N) is 4. The van der Waals surface area contributed by atoms with Crippen molar-refractivity contribution in [3.8, 4) is 17.1 Å². The molecule has 0 radical (unpaired) electrons. The molecular weight excluding hydrogens is 446 g/mol. The van der Waals surface area contributed by atoms with Gasteiger partial charge in [-0.15, -0.1) is 10.2 Å². The van der Waals surface area contributed by atoms with Crippen LogP contribution in [0.4, 0.5) is 0 Å². The smallest absolute Gasteiger partial charge is 0.238 e. The minimum Gasteiger partial charge on any atom is -0.495 e. The first-order valence-corrected chi connectivity index (χ1v) is 12.0. The Morgan fingerprint density at radius 2 is 1.91 bits per heavy atom. The van der Waals surface area contributed by atoms with E-state index in [0.29, 0.717) is 21.8 Å². The van der Waals surface area contributed by atoms with Gasteiger partial charge < -0.3 is 15.1 Å². The van der Waals surface area contributed by atoms with Crippen LogP contribution in [0.15, 0.2) is 53.7 Å². The van der Waals surface area contributed by atoms with Crippen molar-refractivity contribution in [2.24, 2.45) is 0 Å². The first-order valence-electron chi connectivity index (χ1n) is 10.7. The number of nitrogens with one attached hydrogen (secondary N) is 1. The number of piperidine rings is 1. The third kappa shape index (κ3) is 3.93. The predicted molar refractivity (Wildman–Crippen MR) is 126 cm³/mol. The van der Waals surface area contributed by atoms with Crippen molar-refractivity contribution in [3.63, 3.8) is 0 Å². The molecule has 0 bridgehead atoms. The van der Waals surface area contributed by atoms with Gasteiger partial charge in [0.2, 0.25) is 11.1 Å². The molecule has 2 atom stereocenters. The molecule has 2 aromatic carbocycles. The number of carbonyl (C=O) groups is 1. The first-order chi connectivity index (χ1) is 15.7. The Morgan fingerprint density at radius 3 is 2.62 bits per heavy atom. The van der Waals surface area contributed by atoms with Crippen molar-refractivity contribution in [2.75, 3.05) is 25.6 Å². The zero-order valence-electron chi connectivity index (χ0n) is 17.7. The number of aromatic nitrogens is 3. The highest BCUT2D eigenvalue weighted by atomic mass is 35.5. The van der Waals surface area contributed by atoms with E-state index in [2.05, 4.69) is 15.6 Å². The highest BCUT2D eigenvalue weighted by Crippen LogP contribution is 2.41. The zero-order chi connectivity index (χ0) is 22.1. The Bertz CT molecular complexity index is 1120. The Balaban J connectivity index is 1.54. The SMILES string of the molecule is COc1ccc([C@H]2Nn3c(nnc3-c3ccccc3)S[C@H]2C(=O)N2CCCCC2)cc1Cl. The summed E-state index contributed by atoms with van der Waals surface area (Å²) in [7, 11) is 1.59. The molecular formula is C23H24ClN5O2S. The van der Waals surface area contributed by atoms with Crippen LogP contribution < -0.4 is 10.2 Å². The highest BCUT2D eigenvalue weighted by molar-refractivity contribution is 8.00. The van der Waals surface area contributed by atoms with Crippen molar-refractivity contribution < 1.29 is 9.53 Å². The summed E-state index contributed by atoms with van der Waals surface area (Å²) in [4.78, 5) is 15.6. The molecule has 1 N–H and O–H groups in total. The average molecular weight is 470 g/mol. The Kier molecular flexibility index (Phi) is 5.97. The molecule has 5 rings (SSSR count). The van der Waals surface area contributed by atoms with Gasteiger partial charge >= 0.3 is 0 Å². The standard InChI is InChI=1S/C23H24ClN5O2S/c1-31-18-11-10-16(14-17(18)24)19-20(22(30)28-12-6-3-7-13-28)32-23-26-25-21(29(23)27-19)15-8-4-2-5-9-15/h2,4-5,8-11,14,19-20,27H,3,6-7,12-13H2,1H3/t19-,20-/m1/s1. The lowest BCUT2D eigenvalue weighted by molar-refractivity contribution is -0.131. The number of amides is 1. The second-order valence-corrected chi connectivity index (χ2v) is 9.45. The van der Waals surface area contributed by atoms with E-state index in [1.165, 1.54) is 18.2 Å². The summed E-state index contributed by atoms with van der Waals surface area (Å²) in [5.41, 5.74) is 5.38. The van der Waals surface area contributed by atoms with Crippen LogP contribution in [0.1, 0.15) is 30.9 Å². The average Bonchev–Trinajstić information content (AvgIpc) is 3.27. The van der Waals surface area contributed by atoms with Crippen LogP contribution in [0.25, 0.3) is 11.4 Å². The number of rotatable bonds is 4. The van der Waals surface area contributed by atoms with E-state index in [1.807, 2.05) is 58.1 Å². The third-order valence-corrected chi connectivity index (χ3v) is 7.41. The molecule has 0 spiro atoms. The van der Waals surface area contributed by atoms with Gasteiger partial charge in [-0.25, -0.2) is 4.68 Å². The Morgan fingerprint density at radius 1 is 1.12 bits per heavy atom. The van der Waals surface area contributed by atoms with E-state index in [4.69, 9.17) is 16.3 Å². The van der Waals surface area contributed by atoms with Crippen LogP contribution in [-0.2, 0) is 4.79 Å². The zero-order valence-corrected chi connectivity index (χ0v) is 19.3. The third-order valence-electron chi connectivity index (χ3n) is 5.91. The van der Waals surface area contributed by atoms with Gasteiger partial charge in [0.15, 0.2) is 5.82 Å². The fourth-order valence-corrected chi connectivity index (χ4v) is 5.67. The van der Waals surface area contributed by atoms with Crippen molar-refractivity contribution in [1.29, 1.82) is 0 Å². The summed E-state index contributed by atoms with van der Waals surface area (Å²) < 4.78 is 7.20. The van der Waals surface area contributed by atoms with Gasteiger partial charge in [-0.2, -0.15) is 0 Å². The molecule has 1 saturated heterocycles. The second kappa shape index (κ2) is 9.03. The van der Waals surface area contributed by atoms with Gasteiger partial charge in [0.1, 0.15) is 11.0 Å². The number of likely N-dealkylation sites (tertiary alicyclic amines) is 1. The van der Waals surface area contributed by atoms with Crippen molar-refractivity contribution >= 4 is 29.3 Å². The van der Waals surface area contributed by atoms with Crippen LogP contribution in [0.3, 0.4) is 0 Å². The highest BCUT2D eigenvalue weighted by Gasteiger charge is 2.40. The van der Waals surface area contributed by atoms with Crippen molar-refractivity contribution in [2.45, 2.75) is 35.7 Å². The molecule has 1 fully saturated rings. The minimum absolute atomic E-state index is 0.120. The maximum atomic E-state index is 13.6. The summed E-state index contributed by atoms with van der Waals surface area (Å²) in [5, 5.41) is 9.60. The normalized spacial score (nSPS) is 20.4. The summed E-state index contributed by atoms with van der Waals surface area (Å²) >= 11 is 7.90. The van der Waals surface area contributed by atoms with Crippen LogP contribution in [-0.4, -0.2) is 51.1 Å². The van der Waals surface area contributed by atoms with Gasteiger partial charge in [0.25, 0.3) is 0 Å². The first kappa shape index (κ1) is 21.2. The van der Waals surface area contributed by atoms with Crippen molar-refractivity contribution in [1.82, 2.24) is 19.8 Å². The van der Waals surface area contributed by atoms with E-state index in [9.17, 15) is 4.79 Å². The fourth-order valence-electron chi connectivity index (χ4n) is 4.24. The number of halogens is 1. The van der Waals surface area contributed by atoms with Gasteiger partial charge in [0.05, 0.1) is 18.2 Å². The number of hydrogen-bond acceptors (Lipinski definition) is 6. The molecule has 1 aromatic heterocycles. The Hall–Kier alpha value is -2.71. The lowest BCUT2D eigenvalue weighted by Crippen LogP contribution is -2.47. The molecule has 9 heteroatoms. The van der Waals surface area contributed by atoms with Crippen LogP contribution in [0.2, 0.25) is 5.02 Å². The molecule has 0 aliphatic carbocycles. The largest absolute Gasteiger partial charge is 0.495 e. The molecule has 32 heavy (non-hydrogen) atoms. The quantitative estimate of drug-likeness (QED) is 0.611. The molecule has 0 saturated carbocycles. The number of thioether (sulfide) groups is 1. The fraction of sp³-hybridized carbons (Fsp3) is 0.348. The topological polar surface area (TPSA) is 72.3 Å². The minimum atomic E-state index is -0.377. The summed E-state index contributed by atoms with van der Waals surface area (Å²) in [5.74, 6) is 1.43. The molecule has 0 unspecified atom stereocenters.